The van der Waals surface area contributed by atoms with Gasteiger partial charge in [-0.05, 0) is 77.0 Å². The van der Waals surface area contributed by atoms with Gasteiger partial charge in [0.05, 0.1) is 13.2 Å². The second kappa shape index (κ2) is 43.3. The minimum atomic E-state index is -4.38. The average molecular weight is 822 g/mol. The van der Waals surface area contributed by atoms with Crippen LogP contribution in [0, 0.1) is 0 Å². The molecule has 0 amide bonds. The molecule has 0 aromatic rings. The topological polar surface area (TPSA) is 134 Å². The number of allylic oxidation sites excluding steroid dienone is 10. The Morgan fingerprint density at radius 2 is 0.947 bits per heavy atom. The van der Waals surface area contributed by atoms with Gasteiger partial charge in [-0.3, -0.25) is 18.6 Å². The molecular formula is C47H84NO8P. The lowest BCUT2D eigenvalue weighted by Gasteiger charge is -2.19. The number of nitrogens with two attached hydrogens (primary N) is 1. The van der Waals surface area contributed by atoms with Crippen LogP contribution in [0.4, 0.5) is 0 Å². The summed E-state index contributed by atoms with van der Waals surface area (Å²) in [5.41, 5.74) is 5.35. The molecule has 0 aliphatic carbocycles. The van der Waals surface area contributed by atoms with E-state index in [0.717, 1.165) is 83.5 Å². The maximum absolute atomic E-state index is 12.6. The van der Waals surface area contributed by atoms with E-state index in [1.165, 1.54) is 70.6 Å². The lowest BCUT2D eigenvalue weighted by molar-refractivity contribution is -0.161. The molecule has 9 nitrogen and oxygen atoms in total. The zero-order valence-corrected chi connectivity index (χ0v) is 37.2. The summed E-state index contributed by atoms with van der Waals surface area (Å²) in [5, 5.41) is 0. The molecule has 0 saturated heterocycles. The van der Waals surface area contributed by atoms with Crippen LogP contribution in [0.2, 0.25) is 0 Å². The van der Waals surface area contributed by atoms with Crippen molar-refractivity contribution in [2.75, 3.05) is 26.4 Å². The molecule has 10 heteroatoms. The van der Waals surface area contributed by atoms with Crippen LogP contribution < -0.4 is 5.73 Å². The molecule has 0 aromatic heterocycles. The Balaban J connectivity index is 4.13. The van der Waals surface area contributed by atoms with Crippen molar-refractivity contribution in [3.8, 4) is 0 Å². The third-order valence-corrected chi connectivity index (χ3v) is 10.3. The maximum atomic E-state index is 12.6. The number of phosphoric acid groups is 1. The van der Waals surface area contributed by atoms with Gasteiger partial charge in [0, 0.05) is 19.4 Å². The van der Waals surface area contributed by atoms with Crippen LogP contribution in [-0.4, -0.2) is 49.3 Å². The normalized spacial score (nSPS) is 13.8. The van der Waals surface area contributed by atoms with Crippen molar-refractivity contribution < 1.29 is 37.6 Å². The quantitative estimate of drug-likeness (QED) is 0.0267. The van der Waals surface area contributed by atoms with Crippen molar-refractivity contribution in [1.82, 2.24) is 0 Å². The van der Waals surface area contributed by atoms with Crippen molar-refractivity contribution in [1.29, 1.82) is 0 Å². The van der Waals surface area contributed by atoms with E-state index in [1.54, 1.807) is 0 Å². The first kappa shape index (κ1) is 54.7. The number of ether oxygens (including phenoxy) is 2. The molecule has 2 atom stereocenters. The van der Waals surface area contributed by atoms with E-state index < -0.39 is 32.5 Å². The molecule has 0 aliphatic rings. The van der Waals surface area contributed by atoms with Gasteiger partial charge in [-0.2, -0.15) is 0 Å². The van der Waals surface area contributed by atoms with E-state index in [-0.39, 0.29) is 32.6 Å². The fourth-order valence-corrected chi connectivity index (χ4v) is 6.74. The van der Waals surface area contributed by atoms with E-state index in [1.807, 2.05) is 0 Å². The largest absolute Gasteiger partial charge is 0.472 e. The Morgan fingerprint density at radius 3 is 1.42 bits per heavy atom. The third kappa shape index (κ3) is 43.1. The standard InChI is InChI=1S/C47H84NO8P/c1-3-5-7-9-11-13-15-17-18-19-20-21-22-23-24-25-26-28-30-32-34-36-38-40-47(50)56-45(44-55-57(51,52)54-42-41-48)43-53-46(49)39-37-35-33-31-29-27-16-14-12-10-8-6-4-2/h8,10,14-17,19-20,22-23,45H,3-7,9,11-13,18,21,24-44,48H2,1-2H3,(H,51,52)/b10-8-,16-14-,17-15-,20-19-,23-22-. The minimum absolute atomic E-state index is 0.0475. The Morgan fingerprint density at radius 1 is 0.526 bits per heavy atom. The van der Waals surface area contributed by atoms with Crippen molar-refractivity contribution >= 4 is 19.8 Å². The molecule has 2 unspecified atom stereocenters. The van der Waals surface area contributed by atoms with Crippen LogP contribution in [0.5, 0.6) is 0 Å². The summed E-state index contributed by atoms with van der Waals surface area (Å²) in [4.78, 5) is 34.9. The Hall–Kier alpha value is -2.29. The highest BCUT2D eigenvalue weighted by Gasteiger charge is 2.26. The van der Waals surface area contributed by atoms with Gasteiger partial charge < -0.3 is 20.1 Å². The smallest absolute Gasteiger partial charge is 0.462 e. The molecule has 0 rings (SSSR count). The molecule has 0 heterocycles. The second-order valence-electron chi connectivity index (χ2n) is 14.9. The molecule has 0 saturated carbocycles. The van der Waals surface area contributed by atoms with Gasteiger partial charge in [0.2, 0.25) is 0 Å². The Bertz CT molecular complexity index is 1120. The lowest BCUT2D eigenvalue weighted by atomic mass is 10.1. The zero-order chi connectivity index (χ0) is 41.8. The van der Waals surface area contributed by atoms with Crippen molar-refractivity contribution in [3.63, 3.8) is 0 Å². The number of hydrogen-bond donors (Lipinski definition) is 2. The van der Waals surface area contributed by atoms with E-state index in [9.17, 15) is 19.0 Å². The molecule has 0 bridgehead atoms. The van der Waals surface area contributed by atoms with Crippen LogP contribution in [0.25, 0.3) is 0 Å². The van der Waals surface area contributed by atoms with Gasteiger partial charge in [0.15, 0.2) is 6.10 Å². The molecule has 3 N–H and O–H groups in total. The SMILES string of the molecule is CCC/C=C\C/C=C\CCCCCCCC(=O)OCC(COP(=O)(O)OCCN)OC(=O)CCCCCCCCCC/C=C\C/C=C\C/C=C\CCCCCCC. The molecule has 0 aromatic carbocycles. The van der Waals surface area contributed by atoms with Gasteiger partial charge in [-0.25, -0.2) is 4.57 Å². The number of phosphoric ester groups is 1. The first-order valence-corrected chi connectivity index (χ1v) is 24.3. The van der Waals surface area contributed by atoms with Crippen LogP contribution in [0.3, 0.4) is 0 Å². The van der Waals surface area contributed by atoms with E-state index in [2.05, 4.69) is 74.6 Å². The van der Waals surface area contributed by atoms with E-state index in [4.69, 9.17) is 24.3 Å². The van der Waals surface area contributed by atoms with Gasteiger partial charge in [-0.1, -0.05) is 164 Å². The summed E-state index contributed by atoms with van der Waals surface area (Å²) in [6, 6.07) is 0. The van der Waals surface area contributed by atoms with Crippen molar-refractivity contribution in [2.24, 2.45) is 5.73 Å². The molecule has 330 valence electrons. The predicted octanol–water partition coefficient (Wildman–Crippen LogP) is 13.3. The first-order chi connectivity index (χ1) is 27.8. The van der Waals surface area contributed by atoms with Gasteiger partial charge in [0.1, 0.15) is 6.61 Å². The summed E-state index contributed by atoms with van der Waals surface area (Å²) in [6.07, 6.45) is 51.1. The lowest BCUT2D eigenvalue weighted by Crippen LogP contribution is -2.29. The highest BCUT2D eigenvalue weighted by Crippen LogP contribution is 2.43. The van der Waals surface area contributed by atoms with E-state index in [0.29, 0.717) is 12.8 Å². The summed E-state index contributed by atoms with van der Waals surface area (Å²) in [7, 11) is -4.38. The molecular weight excluding hydrogens is 737 g/mol. The maximum Gasteiger partial charge on any atom is 0.472 e. The number of esters is 2. The molecule has 0 spiro atoms. The summed E-state index contributed by atoms with van der Waals surface area (Å²) in [6.45, 7) is 3.63. The monoisotopic (exact) mass is 822 g/mol. The molecule has 57 heavy (non-hydrogen) atoms. The fraction of sp³-hybridized carbons (Fsp3) is 0.745. The molecule has 0 aliphatic heterocycles. The van der Waals surface area contributed by atoms with Crippen LogP contribution >= 0.6 is 7.82 Å². The number of rotatable bonds is 42. The van der Waals surface area contributed by atoms with Gasteiger partial charge in [0.25, 0.3) is 0 Å². The number of carbonyl (C=O) groups is 2. The number of carbonyl (C=O) groups excluding carboxylic acids is 2. The Labute approximate surface area is 349 Å². The zero-order valence-electron chi connectivity index (χ0n) is 36.3. The van der Waals surface area contributed by atoms with Gasteiger partial charge >= 0.3 is 19.8 Å². The third-order valence-electron chi connectivity index (χ3n) is 9.36. The fourth-order valence-electron chi connectivity index (χ4n) is 5.97. The summed E-state index contributed by atoms with van der Waals surface area (Å²) in [5.74, 6) is -0.856. The van der Waals surface area contributed by atoms with Crippen molar-refractivity contribution in [2.45, 2.75) is 200 Å². The van der Waals surface area contributed by atoms with Crippen LogP contribution in [0.1, 0.15) is 194 Å². The van der Waals surface area contributed by atoms with Crippen LogP contribution in [0.15, 0.2) is 60.8 Å². The van der Waals surface area contributed by atoms with Crippen molar-refractivity contribution in [3.05, 3.63) is 60.8 Å². The van der Waals surface area contributed by atoms with Gasteiger partial charge in [-0.15, -0.1) is 0 Å². The van der Waals surface area contributed by atoms with Crippen LogP contribution in [-0.2, 0) is 32.7 Å². The molecule has 0 fully saturated rings. The number of hydrogen-bond acceptors (Lipinski definition) is 8. The second-order valence-corrected chi connectivity index (χ2v) is 16.4. The highest BCUT2D eigenvalue weighted by molar-refractivity contribution is 7.47. The first-order valence-electron chi connectivity index (χ1n) is 22.8. The highest BCUT2D eigenvalue weighted by atomic mass is 31.2. The van der Waals surface area contributed by atoms with E-state index >= 15 is 0 Å². The predicted molar refractivity (Wildman–Crippen MR) is 238 cm³/mol. The summed E-state index contributed by atoms with van der Waals surface area (Å²) >= 11 is 0. The number of unbranched alkanes of at least 4 members (excludes halogenated alkanes) is 19. The Kier molecular flexibility index (Phi) is 41.6. The minimum Gasteiger partial charge on any atom is -0.462 e. The molecule has 0 radical (unpaired) electrons. The summed E-state index contributed by atoms with van der Waals surface area (Å²) < 4.78 is 32.8. The average Bonchev–Trinajstić information content (AvgIpc) is 3.20.